The van der Waals surface area contributed by atoms with E-state index in [9.17, 15) is 20.1 Å². The molecule has 4 aliphatic heterocycles. The van der Waals surface area contributed by atoms with Gasteiger partial charge in [-0.05, 0) is 42.2 Å². The Labute approximate surface area is 241 Å². The Hall–Kier alpha value is -3.07. The molecule has 6 aliphatic rings. The number of esters is 1. The molecule has 1 unspecified atom stereocenters. The van der Waals surface area contributed by atoms with Gasteiger partial charge in [0.25, 0.3) is 0 Å². The second kappa shape index (κ2) is 10.6. The van der Waals surface area contributed by atoms with Gasteiger partial charge >= 0.3 is 5.97 Å². The number of benzene rings is 1. The average Bonchev–Trinajstić information content (AvgIpc) is 3.61. The van der Waals surface area contributed by atoms with Crippen LogP contribution in [0.5, 0.6) is 11.5 Å². The van der Waals surface area contributed by atoms with Gasteiger partial charge in [0.15, 0.2) is 35.6 Å². The molecule has 0 radical (unpaired) electrons. The van der Waals surface area contributed by atoms with E-state index in [0.717, 1.165) is 5.56 Å². The first-order chi connectivity index (χ1) is 20.3. The fraction of sp³-hybridized carbons (Fsp3) is 0.621. The molecule has 11 atom stereocenters. The van der Waals surface area contributed by atoms with E-state index in [2.05, 4.69) is 0 Å². The van der Waals surface area contributed by atoms with Gasteiger partial charge in [-0.3, -0.25) is 4.79 Å². The van der Waals surface area contributed by atoms with Crippen molar-refractivity contribution in [1.82, 2.24) is 0 Å². The van der Waals surface area contributed by atoms with Crippen LogP contribution in [-0.4, -0.2) is 92.5 Å². The minimum Gasteiger partial charge on any atom is -0.502 e. The molecule has 3 saturated heterocycles. The zero-order valence-electron chi connectivity index (χ0n) is 23.3. The first kappa shape index (κ1) is 27.7. The number of rotatable bonds is 5. The summed E-state index contributed by atoms with van der Waals surface area (Å²) in [6.07, 6.45) is -4.60. The standard InChI is InChI=1S/C29H34O13/c1-11-36-9-20-27(40-11)24(31)25(32)29(41-20)42-26-14-7-17-16(38-10-39-17)6-13(14)21(22-15(26)8-37-28(22)33)12-4-18(34-2)23(30)19(5-12)35-3/h4,6-7,11-12,15,20-22,24-27,29-32H,5,8-10H2,1-3H3/t11-,12?,15+,20-,21-,22+,24-,25-,26-,27-,29+/m1/s1. The Morgan fingerprint density at radius 2 is 1.69 bits per heavy atom. The van der Waals surface area contributed by atoms with Crippen LogP contribution < -0.4 is 9.47 Å². The minimum atomic E-state index is -1.42. The van der Waals surface area contributed by atoms with Crippen LogP contribution in [0.3, 0.4) is 0 Å². The number of methoxy groups -OCH3 is 2. The molecule has 7 rings (SSSR count). The molecule has 0 aromatic heterocycles. The van der Waals surface area contributed by atoms with Crippen molar-refractivity contribution >= 4 is 5.97 Å². The van der Waals surface area contributed by atoms with E-state index >= 15 is 0 Å². The largest absolute Gasteiger partial charge is 0.502 e. The molecular formula is C29H34O13. The normalized spacial score (nSPS) is 40.5. The first-order valence-electron chi connectivity index (χ1n) is 14.1. The Morgan fingerprint density at radius 3 is 2.43 bits per heavy atom. The molecule has 42 heavy (non-hydrogen) atoms. The number of carbonyl (C=O) groups excluding carboxylic acids is 1. The predicted molar refractivity (Wildman–Crippen MR) is 138 cm³/mol. The highest BCUT2D eigenvalue weighted by atomic mass is 16.8. The highest BCUT2D eigenvalue weighted by Crippen LogP contribution is 2.57. The van der Waals surface area contributed by atoms with Crippen molar-refractivity contribution in [3.63, 3.8) is 0 Å². The van der Waals surface area contributed by atoms with E-state index in [1.165, 1.54) is 14.2 Å². The van der Waals surface area contributed by atoms with Crippen LogP contribution in [0.25, 0.3) is 0 Å². The summed E-state index contributed by atoms with van der Waals surface area (Å²) in [6.45, 7) is 1.98. The lowest BCUT2D eigenvalue weighted by Gasteiger charge is -2.48. The van der Waals surface area contributed by atoms with Gasteiger partial charge in [-0.2, -0.15) is 0 Å². The lowest BCUT2D eigenvalue weighted by Crippen LogP contribution is -2.63. The summed E-state index contributed by atoms with van der Waals surface area (Å²) in [4.78, 5) is 13.4. The number of aliphatic hydroxyl groups is 3. The number of hydrogen-bond donors (Lipinski definition) is 3. The summed E-state index contributed by atoms with van der Waals surface area (Å²) in [7, 11) is 2.93. The minimum absolute atomic E-state index is 0.0447. The third kappa shape index (κ3) is 4.33. The van der Waals surface area contributed by atoms with Crippen molar-refractivity contribution in [3.8, 4) is 11.5 Å². The summed E-state index contributed by atoms with van der Waals surface area (Å²) < 4.78 is 51.7. The molecule has 13 heteroatoms. The van der Waals surface area contributed by atoms with Crippen LogP contribution in [-0.2, 0) is 38.0 Å². The molecule has 1 aromatic carbocycles. The van der Waals surface area contributed by atoms with Crippen LogP contribution in [0.15, 0.2) is 35.5 Å². The van der Waals surface area contributed by atoms with E-state index in [4.69, 9.17) is 42.6 Å². The Balaban J connectivity index is 1.28. The van der Waals surface area contributed by atoms with Crippen LogP contribution >= 0.6 is 0 Å². The molecule has 13 nitrogen and oxygen atoms in total. The third-order valence-corrected chi connectivity index (χ3v) is 9.15. The van der Waals surface area contributed by atoms with Crippen LogP contribution in [0.2, 0.25) is 0 Å². The fourth-order valence-electron chi connectivity index (χ4n) is 7.16. The van der Waals surface area contributed by atoms with Crippen molar-refractivity contribution in [2.24, 2.45) is 17.8 Å². The third-order valence-electron chi connectivity index (χ3n) is 9.15. The van der Waals surface area contributed by atoms with E-state index in [1.54, 1.807) is 13.0 Å². The highest BCUT2D eigenvalue weighted by molar-refractivity contribution is 5.77. The molecule has 0 spiro atoms. The summed E-state index contributed by atoms with van der Waals surface area (Å²) in [5.74, 6) is -0.701. The van der Waals surface area contributed by atoms with Crippen molar-refractivity contribution in [2.75, 3.05) is 34.2 Å². The zero-order valence-corrected chi connectivity index (χ0v) is 23.3. The Morgan fingerprint density at radius 1 is 0.929 bits per heavy atom. The average molecular weight is 591 g/mol. The molecule has 1 aromatic rings. The van der Waals surface area contributed by atoms with Crippen molar-refractivity contribution in [1.29, 1.82) is 0 Å². The molecule has 0 bridgehead atoms. The molecule has 228 valence electrons. The topological polar surface area (TPSA) is 161 Å². The number of ether oxygens (including phenoxy) is 9. The van der Waals surface area contributed by atoms with E-state index in [1.807, 2.05) is 12.1 Å². The maximum absolute atomic E-state index is 13.4. The summed E-state index contributed by atoms with van der Waals surface area (Å²) >= 11 is 0. The number of aliphatic hydroxyl groups excluding tert-OH is 3. The van der Waals surface area contributed by atoms with Gasteiger partial charge in [0.05, 0.1) is 39.5 Å². The van der Waals surface area contributed by atoms with Gasteiger partial charge in [0.2, 0.25) is 6.79 Å². The number of cyclic esters (lactones) is 1. The van der Waals surface area contributed by atoms with Crippen LogP contribution in [0.1, 0.15) is 36.5 Å². The Bertz CT molecular complexity index is 1310. The van der Waals surface area contributed by atoms with Crippen molar-refractivity contribution in [3.05, 3.63) is 46.6 Å². The molecule has 0 amide bonds. The molecule has 3 N–H and O–H groups in total. The molecular weight excluding hydrogens is 556 g/mol. The number of allylic oxidation sites excluding steroid dienone is 2. The molecule has 3 fully saturated rings. The van der Waals surface area contributed by atoms with Gasteiger partial charge in [-0.15, -0.1) is 0 Å². The quantitative estimate of drug-likeness (QED) is 0.424. The molecule has 2 aliphatic carbocycles. The monoisotopic (exact) mass is 590 g/mol. The van der Waals surface area contributed by atoms with Crippen molar-refractivity contribution in [2.45, 2.75) is 62.4 Å². The second-order valence-electron chi connectivity index (χ2n) is 11.3. The van der Waals surface area contributed by atoms with E-state index in [-0.39, 0.29) is 43.4 Å². The van der Waals surface area contributed by atoms with E-state index < -0.39 is 60.9 Å². The highest BCUT2D eigenvalue weighted by Gasteiger charge is 2.57. The van der Waals surface area contributed by atoms with Crippen LogP contribution in [0.4, 0.5) is 0 Å². The van der Waals surface area contributed by atoms with Gasteiger partial charge < -0.3 is 58.0 Å². The SMILES string of the molecule is COC1=CC([C@@H]2c3cc4c(cc3[C@@H](O[C@@H]3O[C@@H]5CO[C@@H](C)O[C@H]5[C@H](O)[C@H]3O)[C@H]3COC(=O)[C@@H]32)OCO4)CC(OC)=C1O. The number of fused-ring (bicyclic) bond motifs is 4. The zero-order chi connectivity index (χ0) is 29.3. The molecule has 4 heterocycles. The lowest BCUT2D eigenvalue weighted by molar-refractivity contribution is -0.364. The maximum Gasteiger partial charge on any atom is 0.310 e. The van der Waals surface area contributed by atoms with Gasteiger partial charge in [0.1, 0.15) is 30.2 Å². The van der Waals surface area contributed by atoms with Crippen molar-refractivity contribution < 1.29 is 62.7 Å². The van der Waals surface area contributed by atoms with Gasteiger partial charge in [-0.1, -0.05) is 0 Å². The lowest BCUT2D eigenvalue weighted by atomic mass is 9.63. The van der Waals surface area contributed by atoms with Gasteiger partial charge in [-0.25, -0.2) is 0 Å². The van der Waals surface area contributed by atoms with Crippen LogP contribution in [0, 0.1) is 17.8 Å². The fourth-order valence-corrected chi connectivity index (χ4v) is 7.16. The predicted octanol–water partition coefficient (Wildman–Crippen LogP) is 1.53. The first-order valence-corrected chi connectivity index (χ1v) is 14.1. The van der Waals surface area contributed by atoms with Gasteiger partial charge in [0, 0.05) is 18.3 Å². The smallest absolute Gasteiger partial charge is 0.310 e. The number of hydrogen-bond acceptors (Lipinski definition) is 13. The maximum atomic E-state index is 13.4. The summed E-state index contributed by atoms with van der Waals surface area (Å²) in [5.41, 5.74) is 1.48. The summed E-state index contributed by atoms with van der Waals surface area (Å²) in [5, 5.41) is 32.6. The molecule has 0 saturated carbocycles. The summed E-state index contributed by atoms with van der Waals surface area (Å²) in [6, 6.07) is 3.67. The number of carbonyl (C=O) groups is 1. The second-order valence-corrected chi connectivity index (χ2v) is 11.3. The Kier molecular flexibility index (Phi) is 6.99. The van der Waals surface area contributed by atoms with E-state index in [0.29, 0.717) is 29.2 Å².